The third kappa shape index (κ3) is 5.62. The highest BCUT2D eigenvalue weighted by molar-refractivity contribution is 5.77. The second kappa shape index (κ2) is 9.83. The Morgan fingerprint density at radius 3 is 2.33 bits per heavy atom. The predicted molar refractivity (Wildman–Crippen MR) is 107 cm³/mol. The highest BCUT2D eigenvalue weighted by Crippen LogP contribution is 2.25. The van der Waals surface area contributed by atoms with Crippen LogP contribution in [0.2, 0.25) is 0 Å². The molecule has 2 aromatic carbocycles. The molecule has 0 radical (unpaired) electrons. The molecular formula is C21H27N3O3. The van der Waals surface area contributed by atoms with Crippen molar-refractivity contribution >= 4 is 11.6 Å². The van der Waals surface area contributed by atoms with Crippen LogP contribution in [0.4, 0.5) is 5.69 Å². The first kappa shape index (κ1) is 19.0. The molecule has 0 aliphatic carbocycles. The van der Waals surface area contributed by atoms with Crippen LogP contribution in [-0.2, 0) is 4.79 Å². The van der Waals surface area contributed by atoms with Gasteiger partial charge in [-0.1, -0.05) is 30.3 Å². The minimum Gasteiger partial charge on any atom is -0.493 e. The number of nitrogens with zero attached hydrogens (tertiary/aromatic N) is 2. The number of piperazine rings is 1. The Morgan fingerprint density at radius 1 is 0.963 bits per heavy atom. The van der Waals surface area contributed by atoms with Gasteiger partial charge < -0.3 is 19.7 Å². The van der Waals surface area contributed by atoms with Crippen LogP contribution in [-0.4, -0.2) is 63.8 Å². The van der Waals surface area contributed by atoms with E-state index < -0.39 is 0 Å². The van der Waals surface area contributed by atoms with E-state index in [1.54, 1.807) is 13.2 Å². The lowest BCUT2D eigenvalue weighted by molar-refractivity contribution is -0.123. The fourth-order valence-corrected chi connectivity index (χ4v) is 3.15. The van der Waals surface area contributed by atoms with E-state index in [-0.39, 0.29) is 12.5 Å². The van der Waals surface area contributed by atoms with Gasteiger partial charge in [-0.25, -0.2) is 0 Å². The highest BCUT2D eigenvalue weighted by atomic mass is 16.5. The average Bonchev–Trinajstić information content (AvgIpc) is 2.73. The predicted octanol–water partition coefficient (Wildman–Crippen LogP) is 2.01. The number of para-hydroxylation sites is 3. The zero-order chi connectivity index (χ0) is 18.9. The Hall–Kier alpha value is -2.73. The number of hydrogen-bond donors (Lipinski definition) is 1. The normalized spacial score (nSPS) is 14.6. The topological polar surface area (TPSA) is 54.0 Å². The maximum atomic E-state index is 12.0. The molecule has 1 aliphatic heterocycles. The summed E-state index contributed by atoms with van der Waals surface area (Å²) < 4.78 is 10.7. The van der Waals surface area contributed by atoms with Crippen molar-refractivity contribution in [1.29, 1.82) is 0 Å². The van der Waals surface area contributed by atoms with Gasteiger partial charge in [0.1, 0.15) is 0 Å². The van der Waals surface area contributed by atoms with Crippen molar-refractivity contribution < 1.29 is 14.3 Å². The van der Waals surface area contributed by atoms with Crippen LogP contribution < -0.4 is 19.7 Å². The summed E-state index contributed by atoms with van der Waals surface area (Å²) in [5, 5.41) is 2.92. The van der Waals surface area contributed by atoms with Gasteiger partial charge in [0, 0.05) is 45.0 Å². The van der Waals surface area contributed by atoms with E-state index in [2.05, 4.69) is 39.4 Å². The van der Waals surface area contributed by atoms with E-state index >= 15 is 0 Å². The lowest BCUT2D eigenvalue weighted by atomic mass is 10.2. The van der Waals surface area contributed by atoms with E-state index in [1.807, 2.05) is 24.3 Å². The first-order valence-corrected chi connectivity index (χ1v) is 9.31. The van der Waals surface area contributed by atoms with E-state index in [4.69, 9.17) is 9.47 Å². The molecule has 2 aromatic rings. The lowest BCUT2D eigenvalue weighted by Crippen LogP contribution is -2.48. The third-order valence-corrected chi connectivity index (χ3v) is 4.67. The van der Waals surface area contributed by atoms with Gasteiger partial charge in [-0.15, -0.1) is 0 Å². The third-order valence-electron chi connectivity index (χ3n) is 4.67. The Morgan fingerprint density at radius 2 is 1.63 bits per heavy atom. The second-order valence-corrected chi connectivity index (χ2v) is 6.45. The molecule has 1 N–H and O–H groups in total. The summed E-state index contributed by atoms with van der Waals surface area (Å²) in [4.78, 5) is 16.8. The number of carbonyl (C=O) groups is 1. The number of nitrogens with one attached hydrogen (secondary N) is 1. The van der Waals surface area contributed by atoms with Crippen LogP contribution in [0.1, 0.15) is 0 Å². The number of carbonyl (C=O) groups excluding carboxylic acids is 1. The minimum atomic E-state index is -0.121. The number of hydrogen-bond acceptors (Lipinski definition) is 5. The smallest absolute Gasteiger partial charge is 0.257 e. The quantitative estimate of drug-likeness (QED) is 0.772. The molecule has 1 heterocycles. The fourth-order valence-electron chi connectivity index (χ4n) is 3.15. The van der Waals surface area contributed by atoms with Crippen molar-refractivity contribution in [2.45, 2.75) is 0 Å². The molecule has 0 aromatic heterocycles. The summed E-state index contributed by atoms with van der Waals surface area (Å²) in [6.45, 7) is 5.49. The Labute approximate surface area is 160 Å². The van der Waals surface area contributed by atoms with E-state index in [0.717, 1.165) is 32.7 Å². The summed E-state index contributed by atoms with van der Waals surface area (Å²) in [6, 6.07) is 17.8. The molecular weight excluding hydrogens is 342 g/mol. The number of anilines is 1. The van der Waals surface area contributed by atoms with Gasteiger partial charge >= 0.3 is 0 Å². The van der Waals surface area contributed by atoms with Gasteiger partial charge in [-0.2, -0.15) is 0 Å². The van der Waals surface area contributed by atoms with Crippen LogP contribution in [0, 0.1) is 0 Å². The summed E-state index contributed by atoms with van der Waals surface area (Å²) in [6.07, 6.45) is 0. The van der Waals surface area contributed by atoms with Crippen molar-refractivity contribution in [2.75, 3.05) is 57.9 Å². The summed E-state index contributed by atoms with van der Waals surface area (Å²) in [5.41, 5.74) is 1.28. The maximum Gasteiger partial charge on any atom is 0.257 e. The molecule has 0 bridgehead atoms. The van der Waals surface area contributed by atoms with Crippen LogP contribution in [0.15, 0.2) is 54.6 Å². The van der Waals surface area contributed by atoms with Gasteiger partial charge in [0.25, 0.3) is 5.91 Å². The molecule has 6 heteroatoms. The summed E-state index contributed by atoms with van der Waals surface area (Å²) in [5.74, 6) is 1.08. The van der Waals surface area contributed by atoms with Crippen LogP contribution in [0.5, 0.6) is 11.5 Å². The highest BCUT2D eigenvalue weighted by Gasteiger charge is 2.16. The van der Waals surface area contributed by atoms with Crippen LogP contribution in [0.25, 0.3) is 0 Å². The van der Waals surface area contributed by atoms with Gasteiger partial charge in [0.15, 0.2) is 18.1 Å². The fraction of sp³-hybridized carbons (Fsp3) is 0.381. The average molecular weight is 369 g/mol. The van der Waals surface area contributed by atoms with Gasteiger partial charge in [-0.3, -0.25) is 9.69 Å². The standard InChI is InChI=1S/C21H27N3O3/c1-26-19-9-5-6-10-20(19)27-17-21(25)22-11-12-23-13-15-24(16-14-23)18-7-3-2-4-8-18/h2-10H,11-17H2,1H3,(H,22,25). The number of rotatable bonds is 8. The van der Waals surface area contributed by atoms with E-state index in [9.17, 15) is 4.79 Å². The lowest BCUT2D eigenvalue weighted by Gasteiger charge is -2.36. The van der Waals surface area contributed by atoms with Crippen LogP contribution >= 0.6 is 0 Å². The SMILES string of the molecule is COc1ccccc1OCC(=O)NCCN1CCN(c2ccccc2)CC1. The van der Waals surface area contributed by atoms with Gasteiger partial charge in [0.05, 0.1) is 7.11 Å². The Balaban J connectivity index is 1.32. The van der Waals surface area contributed by atoms with Crippen molar-refractivity contribution in [2.24, 2.45) is 0 Å². The number of methoxy groups -OCH3 is 1. The van der Waals surface area contributed by atoms with Crippen LogP contribution in [0.3, 0.4) is 0 Å². The van der Waals surface area contributed by atoms with Crippen molar-refractivity contribution in [3.8, 4) is 11.5 Å². The molecule has 0 spiro atoms. The largest absolute Gasteiger partial charge is 0.493 e. The second-order valence-electron chi connectivity index (χ2n) is 6.45. The molecule has 1 amide bonds. The molecule has 6 nitrogen and oxygen atoms in total. The Kier molecular flexibility index (Phi) is 6.93. The van der Waals surface area contributed by atoms with Crippen molar-refractivity contribution in [3.63, 3.8) is 0 Å². The molecule has 27 heavy (non-hydrogen) atoms. The Bertz CT molecular complexity index is 716. The number of benzene rings is 2. The number of ether oxygens (including phenoxy) is 2. The molecule has 1 aliphatic rings. The molecule has 3 rings (SSSR count). The monoisotopic (exact) mass is 369 g/mol. The molecule has 1 saturated heterocycles. The van der Waals surface area contributed by atoms with Crippen molar-refractivity contribution in [3.05, 3.63) is 54.6 Å². The molecule has 1 fully saturated rings. The zero-order valence-corrected chi connectivity index (χ0v) is 15.8. The molecule has 144 valence electrons. The van der Waals surface area contributed by atoms with Crippen molar-refractivity contribution in [1.82, 2.24) is 10.2 Å². The van der Waals surface area contributed by atoms with Gasteiger partial charge in [0.2, 0.25) is 0 Å². The molecule has 0 atom stereocenters. The number of amides is 1. The summed E-state index contributed by atoms with van der Waals surface area (Å²) >= 11 is 0. The van der Waals surface area contributed by atoms with E-state index in [1.165, 1.54) is 5.69 Å². The molecule has 0 saturated carbocycles. The molecule has 0 unspecified atom stereocenters. The maximum absolute atomic E-state index is 12.0. The van der Waals surface area contributed by atoms with Gasteiger partial charge in [-0.05, 0) is 24.3 Å². The first-order valence-electron chi connectivity index (χ1n) is 9.31. The minimum absolute atomic E-state index is 0.0117. The van der Waals surface area contributed by atoms with E-state index in [0.29, 0.717) is 18.0 Å². The first-order chi connectivity index (χ1) is 13.3. The zero-order valence-electron chi connectivity index (χ0n) is 15.8. The summed E-state index contributed by atoms with van der Waals surface area (Å²) in [7, 11) is 1.58.